The van der Waals surface area contributed by atoms with Crippen molar-refractivity contribution in [3.05, 3.63) is 62.3 Å². The van der Waals surface area contributed by atoms with E-state index >= 15 is 0 Å². The highest BCUT2D eigenvalue weighted by atomic mass is 19.1. The Morgan fingerprint density at radius 3 is 2.88 bits per heavy atom. The summed E-state index contributed by atoms with van der Waals surface area (Å²) >= 11 is 0. The van der Waals surface area contributed by atoms with Crippen LogP contribution in [0.4, 0.5) is 10.1 Å². The van der Waals surface area contributed by atoms with Crippen LogP contribution in [0, 0.1) is 23.3 Å². The number of nitrogens with zero attached hydrogens (tertiary/aromatic N) is 1. The Balaban J connectivity index is 1.80. The Hall–Kier alpha value is -3.15. The summed E-state index contributed by atoms with van der Waals surface area (Å²) < 4.78 is 13.0. The standard InChI is InChI=1S/C20H19FN4O/c1-10-3-4-14(11(2)24-10)12-5-13-7-19(23-9-16(13)18(22)6-12)25-20(26)15-8-17(15)21/h3-7,9,15,17,23H,1,8,22H2,2H3,(H,25,26)/t15-,17+/m1/s1. The van der Waals surface area contributed by atoms with Gasteiger partial charge in [-0.15, -0.1) is 0 Å². The molecule has 4 rings (SSSR count). The lowest BCUT2D eigenvalue weighted by molar-refractivity contribution is -0.122. The van der Waals surface area contributed by atoms with E-state index in [0.29, 0.717) is 23.3 Å². The Labute approximate surface area is 149 Å². The average molecular weight is 350 g/mol. The minimum Gasteiger partial charge on any atom is -0.398 e. The van der Waals surface area contributed by atoms with Crippen molar-refractivity contribution in [1.29, 1.82) is 0 Å². The van der Waals surface area contributed by atoms with Crippen molar-refractivity contribution < 1.29 is 9.18 Å². The van der Waals surface area contributed by atoms with Crippen LogP contribution in [0.1, 0.15) is 17.7 Å². The van der Waals surface area contributed by atoms with Gasteiger partial charge in [0.2, 0.25) is 5.91 Å². The minimum atomic E-state index is -1.02. The summed E-state index contributed by atoms with van der Waals surface area (Å²) in [6, 6.07) is 7.73. The van der Waals surface area contributed by atoms with Gasteiger partial charge in [-0.1, -0.05) is 12.6 Å². The molecule has 0 spiro atoms. The zero-order chi connectivity index (χ0) is 18.4. The number of benzene rings is 1. The molecule has 0 bridgehead atoms. The maximum Gasteiger partial charge on any atom is 0.231 e. The molecule has 0 unspecified atom stereocenters. The van der Waals surface area contributed by atoms with Gasteiger partial charge in [0.1, 0.15) is 12.0 Å². The van der Waals surface area contributed by atoms with Crippen molar-refractivity contribution in [2.75, 3.05) is 5.73 Å². The fourth-order valence-electron chi connectivity index (χ4n) is 3.14. The summed E-state index contributed by atoms with van der Waals surface area (Å²) in [7, 11) is 0. The Kier molecular flexibility index (Phi) is 3.76. The summed E-state index contributed by atoms with van der Waals surface area (Å²) in [6.45, 7) is 5.77. The number of carbonyl (C=O) groups excluding carboxylic acids is 1. The van der Waals surface area contributed by atoms with E-state index in [-0.39, 0.29) is 5.91 Å². The van der Waals surface area contributed by atoms with Gasteiger partial charge in [-0.3, -0.25) is 9.78 Å². The van der Waals surface area contributed by atoms with Crippen molar-refractivity contribution in [2.24, 2.45) is 5.92 Å². The van der Waals surface area contributed by atoms with E-state index in [1.54, 1.807) is 12.3 Å². The zero-order valence-corrected chi connectivity index (χ0v) is 14.3. The molecule has 1 amide bonds. The molecule has 2 atom stereocenters. The van der Waals surface area contributed by atoms with Gasteiger partial charge < -0.3 is 16.4 Å². The van der Waals surface area contributed by atoms with Gasteiger partial charge in [0.05, 0.1) is 11.3 Å². The number of amides is 1. The Morgan fingerprint density at radius 1 is 1.42 bits per heavy atom. The quantitative estimate of drug-likeness (QED) is 0.700. The molecule has 26 heavy (non-hydrogen) atoms. The van der Waals surface area contributed by atoms with Gasteiger partial charge in [0, 0.05) is 28.0 Å². The fourth-order valence-corrected chi connectivity index (χ4v) is 3.14. The number of nitrogens with two attached hydrogens (primary N) is 1. The average Bonchev–Trinajstić information content (AvgIpc) is 3.31. The van der Waals surface area contributed by atoms with Crippen molar-refractivity contribution in [3.63, 3.8) is 0 Å². The molecular weight excluding hydrogens is 331 g/mol. The minimum absolute atomic E-state index is 0.297. The third-order valence-corrected chi connectivity index (χ3v) is 4.68. The molecule has 0 saturated heterocycles. The second-order valence-electron chi connectivity index (χ2n) is 6.70. The van der Waals surface area contributed by atoms with Crippen molar-refractivity contribution >= 4 is 30.4 Å². The highest BCUT2D eigenvalue weighted by Crippen LogP contribution is 2.33. The first-order chi connectivity index (χ1) is 12.4. The molecule has 1 fully saturated rings. The molecule has 2 heterocycles. The molecule has 6 heteroatoms. The van der Waals surface area contributed by atoms with E-state index in [1.165, 1.54) is 0 Å². The van der Waals surface area contributed by atoms with Crippen LogP contribution < -0.4 is 26.9 Å². The number of nitrogen functional groups attached to an aromatic ring is 1. The first-order valence-corrected chi connectivity index (χ1v) is 8.42. The van der Waals surface area contributed by atoms with Crippen LogP contribution in [-0.4, -0.2) is 17.1 Å². The lowest BCUT2D eigenvalue weighted by Crippen LogP contribution is -2.34. The van der Waals surface area contributed by atoms with E-state index in [9.17, 15) is 9.18 Å². The number of fused-ring (bicyclic) bond motifs is 1. The van der Waals surface area contributed by atoms with Crippen LogP contribution in [0.2, 0.25) is 0 Å². The summed E-state index contributed by atoms with van der Waals surface area (Å²) in [4.78, 5) is 16.3. The number of aryl methyl sites for hydroxylation is 1. The van der Waals surface area contributed by atoms with Gasteiger partial charge in [-0.2, -0.15) is 0 Å². The maximum absolute atomic E-state index is 13.0. The van der Waals surface area contributed by atoms with Crippen LogP contribution in [0.5, 0.6) is 0 Å². The molecule has 132 valence electrons. The molecule has 1 aliphatic carbocycles. The van der Waals surface area contributed by atoms with Gasteiger partial charge in [-0.05, 0) is 48.4 Å². The van der Waals surface area contributed by atoms with Crippen molar-refractivity contribution in [1.82, 2.24) is 15.6 Å². The summed E-state index contributed by atoms with van der Waals surface area (Å²) in [6.07, 6.45) is 2.82. The van der Waals surface area contributed by atoms with Crippen LogP contribution in [0.15, 0.2) is 30.1 Å². The Morgan fingerprint density at radius 2 is 2.19 bits per heavy atom. The SMILES string of the molecule is C=c1ccc(=c2cc(N)c3c(c2)C=C(NC(=O)[C@@H]2C[C@@H]2F)NC=3)c(C)n1. The number of carbonyl (C=O) groups is 1. The second kappa shape index (κ2) is 5.98. The molecule has 2 aromatic rings. The van der Waals surface area contributed by atoms with E-state index in [1.807, 2.05) is 31.2 Å². The predicted octanol–water partition coefficient (Wildman–Crippen LogP) is 0.783. The van der Waals surface area contributed by atoms with Crippen LogP contribution in [0.25, 0.3) is 18.9 Å². The monoisotopic (exact) mass is 350 g/mol. The number of aromatic nitrogens is 1. The Bertz CT molecular complexity index is 1160. The molecule has 1 aliphatic heterocycles. The molecule has 5 nitrogen and oxygen atoms in total. The van der Waals surface area contributed by atoms with E-state index in [2.05, 4.69) is 22.2 Å². The first-order valence-electron chi connectivity index (χ1n) is 8.42. The van der Waals surface area contributed by atoms with Gasteiger partial charge >= 0.3 is 0 Å². The van der Waals surface area contributed by atoms with E-state index in [4.69, 9.17) is 5.73 Å². The number of alkyl halides is 1. The second-order valence-corrected chi connectivity index (χ2v) is 6.70. The fraction of sp³-hybridized carbons (Fsp3) is 0.200. The first kappa shape index (κ1) is 16.3. The van der Waals surface area contributed by atoms with E-state index < -0.39 is 12.1 Å². The summed E-state index contributed by atoms with van der Waals surface area (Å²) in [5.74, 6) is -0.324. The number of pyridine rings is 1. The molecule has 1 saturated carbocycles. The molecular formula is C20H19FN4O. The third-order valence-electron chi connectivity index (χ3n) is 4.68. The van der Waals surface area contributed by atoms with Gasteiger partial charge in [0.15, 0.2) is 0 Å². The van der Waals surface area contributed by atoms with E-state index in [0.717, 1.165) is 26.9 Å². The topological polar surface area (TPSA) is 80.0 Å². The smallest absolute Gasteiger partial charge is 0.231 e. The molecule has 2 aliphatic rings. The van der Waals surface area contributed by atoms with Gasteiger partial charge in [-0.25, -0.2) is 4.39 Å². The van der Waals surface area contributed by atoms with Gasteiger partial charge in [0.25, 0.3) is 0 Å². The summed E-state index contributed by atoms with van der Waals surface area (Å²) in [5.41, 5.74) is 8.58. The molecule has 4 N–H and O–H groups in total. The number of halogens is 1. The lowest BCUT2D eigenvalue weighted by Gasteiger charge is -2.15. The predicted molar refractivity (Wildman–Crippen MR) is 99.0 cm³/mol. The number of rotatable bonds is 2. The number of nitrogens with one attached hydrogen (secondary N) is 2. The highest BCUT2D eigenvalue weighted by Gasteiger charge is 2.43. The number of anilines is 1. The number of hydrogen-bond acceptors (Lipinski definition) is 4. The normalized spacial score (nSPS) is 21.7. The largest absolute Gasteiger partial charge is 0.398 e. The maximum atomic E-state index is 13.0. The van der Waals surface area contributed by atoms with Crippen LogP contribution in [0.3, 0.4) is 0 Å². The van der Waals surface area contributed by atoms with Crippen LogP contribution in [-0.2, 0) is 4.79 Å². The molecule has 1 aromatic carbocycles. The molecule has 0 radical (unpaired) electrons. The van der Waals surface area contributed by atoms with Crippen molar-refractivity contribution in [2.45, 2.75) is 19.5 Å². The highest BCUT2D eigenvalue weighted by molar-refractivity contribution is 5.85. The zero-order valence-electron chi connectivity index (χ0n) is 14.3. The molecule has 1 aromatic heterocycles. The summed E-state index contributed by atoms with van der Waals surface area (Å²) in [5, 5.41) is 9.21. The third kappa shape index (κ3) is 2.94. The van der Waals surface area contributed by atoms with Crippen LogP contribution >= 0.6 is 0 Å². The lowest BCUT2D eigenvalue weighted by atomic mass is 10.1. The number of hydrogen-bond donors (Lipinski definition) is 3. The van der Waals surface area contributed by atoms with Crippen molar-refractivity contribution in [3.8, 4) is 0 Å².